The molecule has 2 aromatic heterocycles. The molecular weight excluding hydrogens is 308 g/mol. The number of nitrogens with one attached hydrogen (secondary N) is 1. The number of rotatable bonds is 9. The molecule has 0 aromatic carbocycles. The Labute approximate surface area is 141 Å². The zero-order valence-corrected chi connectivity index (χ0v) is 14.6. The third-order valence-corrected chi connectivity index (χ3v) is 4.32. The summed E-state index contributed by atoms with van der Waals surface area (Å²) in [6.45, 7) is 1.70. The number of amides is 1. The summed E-state index contributed by atoms with van der Waals surface area (Å²) in [5.41, 5.74) is 1.93. The number of nitrogens with zero attached hydrogens (tertiary/aromatic N) is 3. The lowest BCUT2D eigenvalue weighted by Crippen LogP contribution is -2.28. The van der Waals surface area contributed by atoms with Gasteiger partial charge in [0.25, 0.3) is 0 Å². The average Bonchev–Trinajstić information content (AvgIpc) is 2.98. The van der Waals surface area contributed by atoms with Crippen molar-refractivity contribution in [2.75, 3.05) is 27.2 Å². The maximum atomic E-state index is 11.9. The van der Waals surface area contributed by atoms with Crippen LogP contribution < -0.4 is 5.32 Å². The number of hydrogen-bond donors (Lipinski definition) is 1. The summed E-state index contributed by atoms with van der Waals surface area (Å²) in [5.74, 6) is 0.0466. The number of carbonyl (C=O) groups is 1. The third-order valence-electron chi connectivity index (χ3n) is 3.37. The van der Waals surface area contributed by atoms with E-state index in [2.05, 4.69) is 20.2 Å². The number of thiazole rings is 1. The predicted octanol–water partition coefficient (Wildman–Crippen LogP) is 1.93. The van der Waals surface area contributed by atoms with Crippen LogP contribution in [-0.4, -0.2) is 48.0 Å². The fraction of sp³-hybridized carbons (Fsp3) is 0.471. The molecule has 0 unspecified atom stereocenters. The highest BCUT2D eigenvalue weighted by Crippen LogP contribution is 2.13. The SMILES string of the molecule is CN(C)CCCNC(=O)Cc1csc(CCc2ccccn2)n1. The Hall–Kier alpha value is -1.79. The Bertz CT molecular complexity index is 598. The first kappa shape index (κ1) is 17.6. The second kappa shape index (κ2) is 9.37. The summed E-state index contributed by atoms with van der Waals surface area (Å²) in [6.07, 6.45) is 4.88. The van der Waals surface area contributed by atoms with Crippen molar-refractivity contribution in [2.24, 2.45) is 0 Å². The van der Waals surface area contributed by atoms with E-state index in [0.29, 0.717) is 13.0 Å². The predicted molar refractivity (Wildman–Crippen MR) is 93.6 cm³/mol. The van der Waals surface area contributed by atoms with Crippen LogP contribution in [0.1, 0.15) is 22.8 Å². The quantitative estimate of drug-likeness (QED) is 0.713. The number of aromatic nitrogens is 2. The average molecular weight is 332 g/mol. The van der Waals surface area contributed by atoms with Gasteiger partial charge in [0.05, 0.1) is 17.1 Å². The number of hydrogen-bond acceptors (Lipinski definition) is 5. The molecule has 2 heterocycles. The van der Waals surface area contributed by atoms with Gasteiger partial charge >= 0.3 is 0 Å². The van der Waals surface area contributed by atoms with Crippen LogP contribution in [0.25, 0.3) is 0 Å². The largest absolute Gasteiger partial charge is 0.356 e. The van der Waals surface area contributed by atoms with Crippen molar-refractivity contribution >= 4 is 17.2 Å². The van der Waals surface area contributed by atoms with Crippen molar-refractivity contribution in [1.29, 1.82) is 0 Å². The molecule has 0 saturated carbocycles. The highest BCUT2D eigenvalue weighted by molar-refractivity contribution is 7.09. The molecule has 23 heavy (non-hydrogen) atoms. The molecule has 0 aliphatic rings. The summed E-state index contributed by atoms with van der Waals surface area (Å²) in [7, 11) is 4.06. The van der Waals surface area contributed by atoms with Crippen molar-refractivity contribution in [3.8, 4) is 0 Å². The molecule has 0 aliphatic heterocycles. The highest BCUT2D eigenvalue weighted by Gasteiger charge is 2.08. The summed E-state index contributed by atoms with van der Waals surface area (Å²) in [6, 6.07) is 5.94. The van der Waals surface area contributed by atoms with Crippen molar-refractivity contribution in [3.05, 3.63) is 46.2 Å². The maximum absolute atomic E-state index is 11.9. The molecular formula is C17H24N4OS. The molecule has 0 fully saturated rings. The normalized spacial score (nSPS) is 10.9. The van der Waals surface area contributed by atoms with Gasteiger partial charge in [0.2, 0.25) is 5.91 Å². The van der Waals surface area contributed by atoms with E-state index in [1.165, 1.54) is 0 Å². The molecule has 0 spiro atoms. The molecule has 1 amide bonds. The monoisotopic (exact) mass is 332 g/mol. The Morgan fingerprint density at radius 1 is 1.26 bits per heavy atom. The van der Waals surface area contributed by atoms with Gasteiger partial charge in [-0.3, -0.25) is 9.78 Å². The molecule has 0 atom stereocenters. The molecule has 0 saturated heterocycles. The van der Waals surface area contributed by atoms with E-state index in [9.17, 15) is 4.79 Å². The second-order valence-electron chi connectivity index (χ2n) is 5.74. The van der Waals surface area contributed by atoms with Gasteiger partial charge in [-0.2, -0.15) is 0 Å². The topological polar surface area (TPSA) is 58.1 Å². The van der Waals surface area contributed by atoms with E-state index in [0.717, 1.165) is 42.2 Å². The number of carbonyl (C=O) groups excluding carboxylic acids is 1. The van der Waals surface area contributed by atoms with Crippen molar-refractivity contribution in [2.45, 2.75) is 25.7 Å². The molecule has 2 aromatic rings. The van der Waals surface area contributed by atoms with Gasteiger partial charge in [0, 0.05) is 30.2 Å². The van der Waals surface area contributed by atoms with Gasteiger partial charge in [0.15, 0.2) is 0 Å². The van der Waals surface area contributed by atoms with E-state index in [4.69, 9.17) is 0 Å². The smallest absolute Gasteiger partial charge is 0.226 e. The van der Waals surface area contributed by atoms with Crippen molar-refractivity contribution in [3.63, 3.8) is 0 Å². The van der Waals surface area contributed by atoms with Crippen LogP contribution >= 0.6 is 11.3 Å². The Morgan fingerprint density at radius 2 is 2.13 bits per heavy atom. The van der Waals surface area contributed by atoms with Gasteiger partial charge in [0.1, 0.15) is 0 Å². The molecule has 1 N–H and O–H groups in total. The van der Waals surface area contributed by atoms with E-state index < -0.39 is 0 Å². The Balaban J connectivity index is 1.70. The number of pyridine rings is 1. The first-order valence-corrected chi connectivity index (χ1v) is 8.76. The van der Waals surface area contributed by atoms with Crippen LogP contribution in [0.15, 0.2) is 29.8 Å². The molecule has 5 nitrogen and oxygen atoms in total. The zero-order valence-electron chi connectivity index (χ0n) is 13.8. The summed E-state index contributed by atoms with van der Waals surface area (Å²) < 4.78 is 0. The molecule has 2 rings (SSSR count). The van der Waals surface area contributed by atoms with Crippen LogP contribution in [0.2, 0.25) is 0 Å². The molecule has 124 valence electrons. The van der Waals surface area contributed by atoms with E-state index >= 15 is 0 Å². The summed E-state index contributed by atoms with van der Waals surface area (Å²) >= 11 is 1.62. The first-order chi connectivity index (χ1) is 11.1. The van der Waals surface area contributed by atoms with Crippen LogP contribution in [0, 0.1) is 0 Å². The van der Waals surface area contributed by atoms with Gasteiger partial charge in [-0.1, -0.05) is 6.07 Å². The first-order valence-electron chi connectivity index (χ1n) is 7.88. The van der Waals surface area contributed by atoms with Crippen molar-refractivity contribution in [1.82, 2.24) is 20.2 Å². The Morgan fingerprint density at radius 3 is 2.87 bits per heavy atom. The van der Waals surface area contributed by atoms with Gasteiger partial charge < -0.3 is 10.2 Å². The second-order valence-corrected chi connectivity index (χ2v) is 6.68. The highest BCUT2D eigenvalue weighted by atomic mass is 32.1. The molecule has 0 aliphatic carbocycles. The van der Waals surface area contributed by atoms with Crippen LogP contribution in [0.5, 0.6) is 0 Å². The van der Waals surface area contributed by atoms with E-state index in [1.54, 1.807) is 11.3 Å². The van der Waals surface area contributed by atoms with Gasteiger partial charge in [-0.05, 0) is 45.6 Å². The Kier molecular flexibility index (Phi) is 7.16. The fourth-order valence-electron chi connectivity index (χ4n) is 2.18. The summed E-state index contributed by atoms with van der Waals surface area (Å²) in [5, 5.41) is 5.98. The lowest BCUT2D eigenvalue weighted by Gasteiger charge is -2.09. The van der Waals surface area contributed by atoms with Gasteiger partial charge in [-0.25, -0.2) is 4.98 Å². The lowest BCUT2D eigenvalue weighted by atomic mass is 10.2. The lowest BCUT2D eigenvalue weighted by molar-refractivity contribution is -0.120. The van der Waals surface area contributed by atoms with Crippen LogP contribution in [-0.2, 0) is 24.1 Å². The van der Waals surface area contributed by atoms with Crippen molar-refractivity contribution < 1.29 is 4.79 Å². The molecule has 0 radical (unpaired) electrons. The summed E-state index contributed by atoms with van der Waals surface area (Å²) in [4.78, 5) is 22.8. The van der Waals surface area contributed by atoms with Gasteiger partial charge in [-0.15, -0.1) is 11.3 Å². The molecule has 6 heteroatoms. The van der Waals surface area contributed by atoms with E-state index in [1.807, 2.05) is 43.9 Å². The van der Waals surface area contributed by atoms with Crippen LogP contribution in [0.3, 0.4) is 0 Å². The third kappa shape index (κ3) is 6.88. The minimum Gasteiger partial charge on any atom is -0.356 e. The zero-order chi connectivity index (χ0) is 16.5. The maximum Gasteiger partial charge on any atom is 0.226 e. The van der Waals surface area contributed by atoms with Crippen LogP contribution in [0.4, 0.5) is 0 Å². The van der Waals surface area contributed by atoms with E-state index in [-0.39, 0.29) is 5.91 Å². The minimum absolute atomic E-state index is 0.0466. The number of aryl methyl sites for hydroxylation is 2. The fourth-order valence-corrected chi connectivity index (χ4v) is 2.97. The molecule has 0 bridgehead atoms. The standard InChI is InChI=1S/C17H24N4OS/c1-21(2)11-5-10-19-16(22)12-15-13-23-17(20-15)8-7-14-6-3-4-9-18-14/h3-4,6,9,13H,5,7-8,10-12H2,1-2H3,(H,19,22). The minimum atomic E-state index is 0.0466.